The predicted octanol–water partition coefficient (Wildman–Crippen LogP) is 4.38. The summed E-state index contributed by atoms with van der Waals surface area (Å²) in [7, 11) is 1.67. The molecule has 0 aliphatic carbocycles. The van der Waals surface area contributed by atoms with Gasteiger partial charge < -0.3 is 9.84 Å². The lowest BCUT2D eigenvalue weighted by Gasteiger charge is -2.38. The van der Waals surface area contributed by atoms with Gasteiger partial charge in [0.1, 0.15) is 5.75 Å². The molecule has 1 saturated heterocycles. The normalized spacial score (nSPS) is 20.2. The van der Waals surface area contributed by atoms with Gasteiger partial charge >= 0.3 is 5.97 Å². The van der Waals surface area contributed by atoms with Gasteiger partial charge in [-0.25, -0.2) is 0 Å². The van der Waals surface area contributed by atoms with Crippen LogP contribution in [0.5, 0.6) is 5.75 Å². The van der Waals surface area contributed by atoms with E-state index in [4.69, 9.17) is 16.3 Å². The molecule has 2 unspecified atom stereocenters. The molecule has 128 valence electrons. The fraction of sp³-hybridized carbons (Fsp3) is 0.611. The van der Waals surface area contributed by atoms with Crippen LogP contribution in [0, 0.1) is 5.92 Å². The maximum atomic E-state index is 11.4. The number of carboxylic acids is 1. The van der Waals surface area contributed by atoms with Crippen molar-refractivity contribution in [1.29, 1.82) is 0 Å². The number of unbranched alkanes of at least 4 members (excludes halogenated alkanes) is 1. The Morgan fingerprint density at radius 1 is 1.52 bits per heavy atom. The van der Waals surface area contributed by atoms with Gasteiger partial charge in [-0.1, -0.05) is 31.4 Å². The standard InChI is InChI=1S/C18H26ClNO3/c1-3-4-7-16(15-11-14(19)8-9-17(15)23-2)20-10-5-6-13(12-20)18(21)22/h8-9,11,13,16H,3-7,10,12H2,1-2H3,(H,21,22). The first-order chi connectivity index (χ1) is 11.1. The summed E-state index contributed by atoms with van der Waals surface area (Å²) in [6, 6.07) is 5.85. The summed E-state index contributed by atoms with van der Waals surface area (Å²) >= 11 is 6.20. The van der Waals surface area contributed by atoms with E-state index in [-0.39, 0.29) is 12.0 Å². The van der Waals surface area contributed by atoms with Gasteiger partial charge in [-0.15, -0.1) is 0 Å². The molecule has 0 aromatic heterocycles. The Kier molecular flexibility index (Phi) is 6.72. The highest BCUT2D eigenvalue weighted by Gasteiger charge is 2.31. The number of aliphatic carboxylic acids is 1. The topological polar surface area (TPSA) is 49.8 Å². The van der Waals surface area contributed by atoms with Crippen LogP contribution in [0.1, 0.15) is 50.6 Å². The van der Waals surface area contributed by atoms with Crippen LogP contribution in [0.4, 0.5) is 0 Å². The zero-order valence-electron chi connectivity index (χ0n) is 13.9. The number of ether oxygens (including phenoxy) is 1. The number of methoxy groups -OCH3 is 1. The average molecular weight is 340 g/mol. The molecule has 0 saturated carbocycles. The molecule has 1 heterocycles. The second-order valence-electron chi connectivity index (χ2n) is 6.22. The molecule has 0 amide bonds. The third-order valence-corrected chi connectivity index (χ3v) is 4.86. The highest BCUT2D eigenvalue weighted by molar-refractivity contribution is 6.30. The second kappa shape index (κ2) is 8.55. The van der Waals surface area contributed by atoms with Crippen LogP contribution in [-0.4, -0.2) is 36.2 Å². The number of carbonyl (C=O) groups is 1. The van der Waals surface area contributed by atoms with Crippen molar-refractivity contribution in [1.82, 2.24) is 4.90 Å². The Morgan fingerprint density at radius 2 is 2.30 bits per heavy atom. The molecular weight excluding hydrogens is 314 g/mol. The fourth-order valence-electron chi connectivity index (χ4n) is 3.39. The van der Waals surface area contributed by atoms with Gasteiger partial charge in [-0.05, 0) is 44.0 Å². The molecule has 23 heavy (non-hydrogen) atoms. The number of benzene rings is 1. The first-order valence-corrected chi connectivity index (χ1v) is 8.74. The van der Waals surface area contributed by atoms with Crippen LogP contribution in [-0.2, 0) is 4.79 Å². The maximum absolute atomic E-state index is 11.4. The van der Waals surface area contributed by atoms with Crippen molar-refractivity contribution in [2.75, 3.05) is 20.2 Å². The van der Waals surface area contributed by atoms with Crippen molar-refractivity contribution >= 4 is 17.6 Å². The molecule has 2 atom stereocenters. The summed E-state index contributed by atoms with van der Waals surface area (Å²) < 4.78 is 5.52. The van der Waals surface area contributed by atoms with Crippen molar-refractivity contribution in [3.8, 4) is 5.75 Å². The smallest absolute Gasteiger partial charge is 0.307 e. The predicted molar refractivity (Wildman–Crippen MR) is 92.2 cm³/mol. The number of nitrogens with zero attached hydrogens (tertiary/aromatic N) is 1. The largest absolute Gasteiger partial charge is 0.496 e. The zero-order valence-corrected chi connectivity index (χ0v) is 14.7. The van der Waals surface area contributed by atoms with Crippen LogP contribution < -0.4 is 4.74 Å². The SMILES string of the molecule is CCCCC(c1cc(Cl)ccc1OC)N1CCCC(C(=O)O)C1. The van der Waals surface area contributed by atoms with Gasteiger partial charge in [0.05, 0.1) is 13.0 Å². The van der Waals surface area contributed by atoms with E-state index in [0.717, 1.165) is 50.0 Å². The van der Waals surface area contributed by atoms with E-state index < -0.39 is 5.97 Å². The average Bonchev–Trinajstić information content (AvgIpc) is 2.55. The number of likely N-dealkylation sites (tertiary alicyclic amines) is 1. The Labute approximate surface area is 143 Å². The molecule has 0 bridgehead atoms. The van der Waals surface area contributed by atoms with E-state index in [1.165, 1.54) is 0 Å². The third-order valence-electron chi connectivity index (χ3n) is 4.62. The molecule has 1 aliphatic heterocycles. The van der Waals surface area contributed by atoms with Crippen molar-refractivity contribution in [3.05, 3.63) is 28.8 Å². The summed E-state index contributed by atoms with van der Waals surface area (Å²) in [5.41, 5.74) is 1.07. The Hall–Kier alpha value is -1.26. The summed E-state index contributed by atoms with van der Waals surface area (Å²) in [5.74, 6) is -0.145. The van der Waals surface area contributed by atoms with Gasteiger partial charge in [0.25, 0.3) is 0 Å². The van der Waals surface area contributed by atoms with Crippen LogP contribution >= 0.6 is 11.6 Å². The van der Waals surface area contributed by atoms with Crippen molar-refractivity contribution in [2.45, 2.75) is 45.1 Å². The molecule has 4 nitrogen and oxygen atoms in total. The second-order valence-corrected chi connectivity index (χ2v) is 6.65. The van der Waals surface area contributed by atoms with E-state index in [1.807, 2.05) is 18.2 Å². The number of carboxylic acid groups (broad SMARTS) is 1. The van der Waals surface area contributed by atoms with E-state index in [1.54, 1.807) is 7.11 Å². The minimum atomic E-state index is -0.693. The first-order valence-electron chi connectivity index (χ1n) is 8.37. The zero-order chi connectivity index (χ0) is 16.8. The lowest BCUT2D eigenvalue weighted by atomic mass is 9.92. The van der Waals surface area contributed by atoms with Crippen molar-refractivity contribution in [2.24, 2.45) is 5.92 Å². The minimum Gasteiger partial charge on any atom is -0.496 e. The molecule has 1 aromatic carbocycles. The van der Waals surface area contributed by atoms with E-state index in [2.05, 4.69) is 11.8 Å². The van der Waals surface area contributed by atoms with Crippen molar-refractivity contribution < 1.29 is 14.6 Å². The van der Waals surface area contributed by atoms with Crippen LogP contribution in [0.25, 0.3) is 0 Å². The molecule has 5 heteroatoms. The molecule has 0 radical (unpaired) electrons. The number of hydrogen-bond acceptors (Lipinski definition) is 3. The van der Waals surface area contributed by atoms with Gasteiger partial charge in [0.15, 0.2) is 0 Å². The summed E-state index contributed by atoms with van der Waals surface area (Å²) in [5, 5.41) is 10.0. The van der Waals surface area contributed by atoms with E-state index in [9.17, 15) is 9.90 Å². The number of piperidine rings is 1. The molecule has 0 spiro atoms. The molecular formula is C18H26ClNO3. The van der Waals surface area contributed by atoms with Gasteiger partial charge in [0, 0.05) is 23.2 Å². The van der Waals surface area contributed by atoms with Gasteiger partial charge in [0.2, 0.25) is 0 Å². The first kappa shape index (κ1) is 18.1. The maximum Gasteiger partial charge on any atom is 0.307 e. The molecule has 1 N–H and O–H groups in total. The fourth-order valence-corrected chi connectivity index (χ4v) is 3.57. The lowest BCUT2D eigenvalue weighted by Crippen LogP contribution is -2.41. The molecule has 1 aromatic rings. The van der Waals surface area contributed by atoms with Crippen LogP contribution in [0.3, 0.4) is 0 Å². The number of rotatable bonds is 7. The Balaban J connectivity index is 2.29. The van der Waals surface area contributed by atoms with Crippen LogP contribution in [0.15, 0.2) is 18.2 Å². The van der Waals surface area contributed by atoms with Crippen molar-refractivity contribution in [3.63, 3.8) is 0 Å². The quantitative estimate of drug-likeness (QED) is 0.801. The van der Waals surface area contributed by atoms with Gasteiger partial charge in [-0.3, -0.25) is 9.69 Å². The Morgan fingerprint density at radius 3 is 2.96 bits per heavy atom. The van der Waals surface area contributed by atoms with Gasteiger partial charge in [-0.2, -0.15) is 0 Å². The minimum absolute atomic E-state index is 0.158. The monoisotopic (exact) mass is 339 g/mol. The highest BCUT2D eigenvalue weighted by Crippen LogP contribution is 2.37. The number of hydrogen-bond donors (Lipinski definition) is 1. The highest BCUT2D eigenvalue weighted by atomic mass is 35.5. The van der Waals surface area contributed by atoms with E-state index in [0.29, 0.717) is 11.6 Å². The third kappa shape index (κ3) is 4.61. The summed E-state index contributed by atoms with van der Waals surface area (Å²) in [6.07, 6.45) is 4.87. The molecule has 1 fully saturated rings. The summed E-state index contributed by atoms with van der Waals surface area (Å²) in [4.78, 5) is 13.7. The van der Waals surface area contributed by atoms with Crippen LogP contribution in [0.2, 0.25) is 5.02 Å². The van der Waals surface area contributed by atoms with E-state index >= 15 is 0 Å². The molecule has 2 rings (SSSR count). The lowest BCUT2D eigenvalue weighted by molar-refractivity contribution is -0.144. The summed E-state index contributed by atoms with van der Waals surface area (Å²) in [6.45, 7) is 3.69. The number of halogens is 1. The molecule has 1 aliphatic rings. The Bertz CT molecular complexity index is 535.